The second-order valence-electron chi connectivity index (χ2n) is 7.65. The number of aromatic amines is 1. The predicted molar refractivity (Wildman–Crippen MR) is 119 cm³/mol. The van der Waals surface area contributed by atoms with E-state index in [-0.39, 0.29) is 17.4 Å². The van der Waals surface area contributed by atoms with Crippen molar-refractivity contribution in [1.82, 2.24) is 9.55 Å². The van der Waals surface area contributed by atoms with Gasteiger partial charge in [0.2, 0.25) is 0 Å². The third-order valence-electron chi connectivity index (χ3n) is 5.05. The molecule has 3 rings (SSSR count). The number of sulfone groups is 1. The van der Waals surface area contributed by atoms with E-state index in [1.54, 1.807) is 25.3 Å². The molecule has 0 radical (unpaired) electrons. The maximum absolute atomic E-state index is 13.0. The Balaban J connectivity index is 2.27. The lowest BCUT2D eigenvalue weighted by molar-refractivity contribution is 0.310. The smallest absolute Gasteiger partial charge is 0.327 e. The van der Waals surface area contributed by atoms with Crippen molar-refractivity contribution >= 4 is 20.9 Å². The molecule has 8 heteroatoms. The molecule has 1 N–H and O–H groups in total. The van der Waals surface area contributed by atoms with Gasteiger partial charge in [-0.05, 0) is 42.2 Å². The number of nitrogens with zero attached hydrogens (tertiary/aromatic N) is 1. The molecule has 1 heterocycles. The second-order valence-corrected chi connectivity index (χ2v) is 9.83. The third-order valence-corrected chi connectivity index (χ3v) is 5.97. The first-order chi connectivity index (χ1) is 14.2. The Hall–Kier alpha value is -2.74. The number of nitrogens with one attached hydrogen (secondary N) is 1. The Kier molecular flexibility index (Phi) is 6.26. The van der Waals surface area contributed by atoms with Gasteiger partial charge in [0.25, 0.3) is 0 Å². The van der Waals surface area contributed by atoms with Crippen molar-refractivity contribution in [2.24, 2.45) is 0 Å². The summed E-state index contributed by atoms with van der Waals surface area (Å²) in [4.78, 5) is 15.9. The van der Waals surface area contributed by atoms with Gasteiger partial charge in [-0.15, -0.1) is 0 Å². The number of rotatable bonds is 8. The fourth-order valence-electron chi connectivity index (χ4n) is 3.74. The molecule has 0 amide bonds. The molecule has 1 atom stereocenters. The molecule has 1 aromatic heterocycles. The summed E-state index contributed by atoms with van der Waals surface area (Å²) in [5, 5.41) is 0. The van der Waals surface area contributed by atoms with Crippen molar-refractivity contribution in [3.63, 3.8) is 0 Å². The number of fused-ring (bicyclic) bond motifs is 1. The topological polar surface area (TPSA) is 90.4 Å². The van der Waals surface area contributed by atoms with Crippen LogP contribution in [0.15, 0.2) is 41.2 Å². The van der Waals surface area contributed by atoms with Crippen LogP contribution in [0.5, 0.6) is 11.5 Å². The predicted octanol–water partition coefficient (Wildman–Crippen LogP) is 3.49. The summed E-state index contributed by atoms with van der Waals surface area (Å²) < 4.78 is 37.1. The fourth-order valence-corrected chi connectivity index (χ4v) is 4.65. The highest BCUT2D eigenvalue weighted by Crippen LogP contribution is 2.33. The van der Waals surface area contributed by atoms with E-state index in [1.165, 1.54) is 10.8 Å². The van der Waals surface area contributed by atoms with Gasteiger partial charge in [-0.1, -0.05) is 32.0 Å². The van der Waals surface area contributed by atoms with Gasteiger partial charge in [-0.25, -0.2) is 13.2 Å². The molecule has 7 nitrogen and oxygen atoms in total. The number of methoxy groups -OCH3 is 1. The van der Waals surface area contributed by atoms with E-state index < -0.39 is 15.9 Å². The largest absolute Gasteiger partial charge is 0.493 e. The summed E-state index contributed by atoms with van der Waals surface area (Å²) >= 11 is 0. The summed E-state index contributed by atoms with van der Waals surface area (Å²) in [7, 11) is -1.85. The van der Waals surface area contributed by atoms with Gasteiger partial charge in [-0.2, -0.15) is 0 Å². The Morgan fingerprint density at radius 2 is 1.87 bits per heavy atom. The lowest BCUT2D eigenvalue weighted by Gasteiger charge is -2.20. The van der Waals surface area contributed by atoms with Crippen LogP contribution < -0.4 is 15.2 Å². The monoisotopic (exact) mass is 432 g/mol. The van der Waals surface area contributed by atoms with Gasteiger partial charge in [0.1, 0.15) is 9.84 Å². The van der Waals surface area contributed by atoms with Crippen molar-refractivity contribution < 1.29 is 17.9 Å². The number of H-pyrrole nitrogens is 1. The molecule has 0 saturated carbocycles. The first-order valence-corrected chi connectivity index (χ1v) is 11.9. The van der Waals surface area contributed by atoms with Crippen LogP contribution in [0.3, 0.4) is 0 Å². The Morgan fingerprint density at radius 3 is 2.47 bits per heavy atom. The first-order valence-electron chi connectivity index (χ1n) is 9.87. The zero-order valence-electron chi connectivity index (χ0n) is 17.9. The summed E-state index contributed by atoms with van der Waals surface area (Å²) in [5.41, 5.74) is 2.72. The maximum Gasteiger partial charge on any atom is 0.327 e. The van der Waals surface area contributed by atoms with Gasteiger partial charge in [-0.3, -0.25) is 4.57 Å². The van der Waals surface area contributed by atoms with E-state index in [2.05, 4.69) is 18.8 Å². The molecule has 0 spiro atoms. The van der Waals surface area contributed by atoms with Crippen LogP contribution in [0.25, 0.3) is 11.0 Å². The number of imidazole rings is 1. The van der Waals surface area contributed by atoms with Crippen LogP contribution >= 0.6 is 0 Å². The average molecular weight is 433 g/mol. The lowest BCUT2D eigenvalue weighted by atomic mass is 10.0. The van der Waals surface area contributed by atoms with Crippen LogP contribution in [0.2, 0.25) is 0 Å². The van der Waals surface area contributed by atoms with Crippen molar-refractivity contribution in [2.75, 3.05) is 25.7 Å². The van der Waals surface area contributed by atoms with E-state index in [1.807, 2.05) is 25.1 Å². The molecular weight excluding hydrogens is 404 g/mol. The third kappa shape index (κ3) is 4.38. The molecular formula is C22H28N2O5S. The fraction of sp³-hybridized carbons (Fsp3) is 0.409. The van der Waals surface area contributed by atoms with Crippen molar-refractivity contribution in [1.29, 1.82) is 0 Å². The maximum atomic E-state index is 13.0. The van der Waals surface area contributed by atoms with Crippen LogP contribution in [0, 0.1) is 0 Å². The Morgan fingerprint density at radius 1 is 1.13 bits per heavy atom. The van der Waals surface area contributed by atoms with Gasteiger partial charge in [0.15, 0.2) is 11.5 Å². The molecule has 0 aliphatic carbocycles. The summed E-state index contributed by atoms with van der Waals surface area (Å²) in [6, 6.07) is 10.2. The minimum Gasteiger partial charge on any atom is -0.493 e. The van der Waals surface area contributed by atoms with Crippen LogP contribution in [-0.2, 0) is 9.84 Å². The molecule has 0 aliphatic rings. The number of para-hydroxylation sites is 1. The van der Waals surface area contributed by atoms with Crippen LogP contribution in [-0.4, -0.2) is 43.7 Å². The summed E-state index contributed by atoms with van der Waals surface area (Å²) in [6.45, 7) is 6.39. The van der Waals surface area contributed by atoms with E-state index in [0.29, 0.717) is 29.2 Å². The number of ether oxygens (including phenoxy) is 2. The summed E-state index contributed by atoms with van der Waals surface area (Å²) in [6.07, 6.45) is 1.17. The highest BCUT2D eigenvalue weighted by molar-refractivity contribution is 7.90. The highest BCUT2D eigenvalue weighted by atomic mass is 32.2. The lowest BCUT2D eigenvalue weighted by Crippen LogP contribution is -2.28. The van der Waals surface area contributed by atoms with Crippen LogP contribution in [0.4, 0.5) is 0 Å². The van der Waals surface area contributed by atoms with E-state index >= 15 is 0 Å². The average Bonchev–Trinajstić information content (AvgIpc) is 3.01. The van der Waals surface area contributed by atoms with Crippen LogP contribution in [0.1, 0.15) is 43.9 Å². The van der Waals surface area contributed by atoms with E-state index in [4.69, 9.17) is 9.47 Å². The number of hydrogen-bond donors (Lipinski definition) is 1. The second kappa shape index (κ2) is 8.55. The summed E-state index contributed by atoms with van der Waals surface area (Å²) in [5.74, 6) is 1.04. The molecule has 0 saturated heterocycles. The van der Waals surface area contributed by atoms with Crippen molar-refractivity contribution in [2.45, 2.75) is 32.7 Å². The van der Waals surface area contributed by atoms with Gasteiger partial charge in [0, 0.05) is 6.26 Å². The Labute approximate surface area is 176 Å². The SMILES string of the molecule is CCOc1cc([C@@H](CS(C)(=O)=O)n2c(=O)[nH]c3c(C(C)C)cccc32)ccc1OC. The molecule has 30 heavy (non-hydrogen) atoms. The van der Waals surface area contributed by atoms with E-state index in [9.17, 15) is 13.2 Å². The molecule has 3 aromatic rings. The zero-order valence-corrected chi connectivity index (χ0v) is 18.7. The first kappa shape index (κ1) is 22.0. The Bertz CT molecular complexity index is 1210. The van der Waals surface area contributed by atoms with Crippen molar-refractivity contribution in [3.05, 3.63) is 58.0 Å². The highest BCUT2D eigenvalue weighted by Gasteiger charge is 2.25. The normalized spacial score (nSPS) is 13.0. The van der Waals surface area contributed by atoms with E-state index in [0.717, 1.165) is 11.1 Å². The number of hydrogen-bond acceptors (Lipinski definition) is 5. The van der Waals surface area contributed by atoms with Gasteiger partial charge in [0.05, 0.1) is 36.5 Å². The van der Waals surface area contributed by atoms with Gasteiger partial charge >= 0.3 is 5.69 Å². The van der Waals surface area contributed by atoms with Gasteiger partial charge < -0.3 is 14.5 Å². The molecule has 162 valence electrons. The van der Waals surface area contributed by atoms with Crippen molar-refractivity contribution in [3.8, 4) is 11.5 Å². The standard InChI is InChI=1S/C22H28N2O5S/c1-6-29-20-12-15(10-11-19(20)28-4)18(13-30(5,26)27)24-17-9-7-8-16(14(2)3)21(17)23-22(24)25/h7-12,14,18H,6,13H2,1-5H3,(H,23,25)/t18-/m1/s1. The molecule has 2 aromatic carbocycles. The number of aromatic nitrogens is 2. The molecule has 0 fully saturated rings. The number of benzene rings is 2. The molecule has 0 unspecified atom stereocenters. The minimum atomic E-state index is -3.40. The zero-order chi connectivity index (χ0) is 22.1. The molecule has 0 bridgehead atoms. The molecule has 0 aliphatic heterocycles. The quantitative estimate of drug-likeness (QED) is 0.588. The minimum absolute atomic E-state index is 0.208.